The number of para-hydroxylation sites is 1. The second-order valence-electron chi connectivity index (χ2n) is 9.02. The highest BCUT2D eigenvalue weighted by Crippen LogP contribution is 2.23. The van der Waals surface area contributed by atoms with Crippen LogP contribution in [0.5, 0.6) is 11.5 Å². The van der Waals surface area contributed by atoms with Gasteiger partial charge in [0.05, 0.1) is 13.2 Å². The zero-order chi connectivity index (χ0) is 25.9. The van der Waals surface area contributed by atoms with Gasteiger partial charge in [0.25, 0.3) is 5.91 Å². The minimum Gasteiger partial charge on any atom is -0.493 e. The Kier molecular flexibility index (Phi) is 10.2. The maximum Gasteiger partial charge on any atom is 0.513 e. The van der Waals surface area contributed by atoms with Gasteiger partial charge in [-0.25, -0.2) is 4.79 Å². The van der Waals surface area contributed by atoms with Gasteiger partial charge >= 0.3 is 6.16 Å². The highest BCUT2D eigenvalue weighted by molar-refractivity contribution is 5.94. The lowest BCUT2D eigenvalue weighted by atomic mass is 9.96. The molecule has 8 heteroatoms. The molecule has 0 spiro atoms. The van der Waals surface area contributed by atoms with Crippen LogP contribution in [0.1, 0.15) is 54.1 Å². The fraction of sp³-hybridized carbons (Fsp3) is 0.464. The maximum atomic E-state index is 12.8. The molecule has 36 heavy (non-hydrogen) atoms. The minimum absolute atomic E-state index is 0.0312. The lowest BCUT2D eigenvalue weighted by molar-refractivity contribution is -0.121. The van der Waals surface area contributed by atoms with Crippen LogP contribution in [0, 0.1) is 19.8 Å². The number of benzene rings is 2. The summed E-state index contributed by atoms with van der Waals surface area (Å²) in [4.78, 5) is 38.3. The summed E-state index contributed by atoms with van der Waals surface area (Å²) in [6.07, 6.45) is 2.00. The van der Waals surface area contributed by atoms with Crippen LogP contribution >= 0.6 is 0 Å². The van der Waals surface area contributed by atoms with Crippen LogP contribution in [0.25, 0.3) is 0 Å². The van der Waals surface area contributed by atoms with E-state index in [4.69, 9.17) is 14.2 Å². The second kappa shape index (κ2) is 13.5. The van der Waals surface area contributed by atoms with Crippen molar-refractivity contribution >= 4 is 18.0 Å². The fourth-order valence-corrected chi connectivity index (χ4v) is 4.21. The van der Waals surface area contributed by atoms with Crippen LogP contribution in [-0.4, -0.2) is 55.7 Å². The predicted octanol–water partition coefficient (Wildman–Crippen LogP) is 4.67. The number of carbonyl (C=O) groups is 3. The molecule has 0 saturated carbocycles. The minimum atomic E-state index is -0.767. The number of rotatable bonds is 10. The van der Waals surface area contributed by atoms with Gasteiger partial charge in [-0.05, 0) is 81.3 Å². The summed E-state index contributed by atoms with van der Waals surface area (Å²) in [5.41, 5.74) is 2.75. The zero-order valence-electron chi connectivity index (χ0n) is 21.4. The summed E-state index contributed by atoms with van der Waals surface area (Å²) in [6.45, 7) is 8.39. The van der Waals surface area contributed by atoms with E-state index in [1.54, 1.807) is 31.2 Å². The van der Waals surface area contributed by atoms with E-state index in [2.05, 4.69) is 5.32 Å². The third-order valence-corrected chi connectivity index (χ3v) is 6.26. The van der Waals surface area contributed by atoms with E-state index in [0.717, 1.165) is 29.7 Å². The molecule has 0 atom stereocenters. The normalized spacial score (nSPS) is 13.7. The van der Waals surface area contributed by atoms with Gasteiger partial charge in [-0.3, -0.25) is 9.59 Å². The lowest BCUT2D eigenvalue weighted by Crippen LogP contribution is -2.41. The Morgan fingerprint density at radius 3 is 2.31 bits per heavy atom. The number of nitrogens with zero attached hydrogens (tertiary/aromatic N) is 1. The number of amides is 2. The average Bonchev–Trinajstić information content (AvgIpc) is 2.87. The van der Waals surface area contributed by atoms with Crippen molar-refractivity contribution in [1.29, 1.82) is 0 Å². The Morgan fingerprint density at radius 2 is 1.67 bits per heavy atom. The maximum absolute atomic E-state index is 12.8. The molecule has 0 radical (unpaired) electrons. The number of hydrogen-bond donors (Lipinski definition) is 1. The smallest absolute Gasteiger partial charge is 0.493 e. The summed E-state index contributed by atoms with van der Waals surface area (Å²) in [5, 5.41) is 3.03. The monoisotopic (exact) mass is 496 g/mol. The van der Waals surface area contributed by atoms with Crippen molar-refractivity contribution in [3.63, 3.8) is 0 Å². The molecule has 0 bridgehead atoms. The molecule has 2 amide bonds. The molecule has 0 aliphatic carbocycles. The van der Waals surface area contributed by atoms with Crippen LogP contribution in [0.15, 0.2) is 42.5 Å². The molecule has 1 aliphatic heterocycles. The van der Waals surface area contributed by atoms with Crippen molar-refractivity contribution in [3.8, 4) is 11.5 Å². The van der Waals surface area contributed by atoms with Crippen LogP contribution in [0.4, 0.5) is 4.79 Å². The van der Waals surface area contributed by atoms with Crippen LogP contribution in [-0.2, 0) is 9.53 Å². The van der Waals surface area contributed by atoms with Gasteiger partial charge in [0.15, 0.2) is 0 Å². The van der Waals surface area contributed by atoms with E-state index in [0.29, 0.717) is 56.3 Å². The summed E-state index contributed by atoms with van der Waals surface area (Å²) >= 11 is 0. The fourth-order valence-electron chi connectivity index (χ4n) is 4.21. The van der Waals surface area contributed by atoms with Crippen molar-refractivity contribution in [1.82, 2.24) is 10.2 Å². The first-order valence-electron chi connectivity index (χ1n) is 12.6. The number of nitrogens with one attached hydrogen (secondary N) is 1. The zero-order valence-corrected chi connectivity index (χ0v) is 21.4. The standard InChI is InChI=1S/C28H36N2O6/c1-4-34-28(33)36-24-12-10-23(11-13-24)27(32)30-16-14-22(15-17-30)19-29-25(31)9-6-18-35-26-20(2)7-5-8-21(26)3/h5,7-8,10-13,22H,4,6,9,14-19H2,1-3H3,(H,29,31). The van der Waals surface area contributed by atoms with Crippen LogP contribution in [0.2, 0.25) is 0 Å². The molecule has 194 valence electrons. The molecule has 1 fully saturated rings. The molecule has 1 saturated heterocycles. The van der Waals surface area contributed by atoms with Gasteiger partial charge < -0.3 is 24.4 Å². The first-order valence-corrected chi connectivity index (χ1v) is 12.6. The SMILES string of the molecule is CCOC(=O)Oc1ccc(C(=O)N2CCC(CNC(=O)CCCOc3c(C)cccc3C)CC2)cc1. The first-order chi connectivity index (χ1) is 17.4. The highest BCUT2D eigenvalue weighted by atomic mass is 16.7. The van der Waals surface area contributed by atoms with Crippen molar-refractivity contribution in [2.24, 2.45) is 5.92 Å². The summed E-state index contributed by atoms with van der Waals surface area (Å²) in [7, 11) is 0. The molecule has 2 aromatic carbocycles. The van der Waals surface area contributed by atoms with Gasteiger partial charge in [-0.2, -0.15) is 0 Å². The Morgan fingerprint density at radius 1 is 1.00 bits per heavy atom. The van der Waals surface area contributed by atoms with Gasteiger partial charge in [0.2, 0.25) is 5.91 Å². The number of piperidine rings is 1. The van der Waals surface area contributed by atoms with Crippen molar-refractivity contribution in [3.05, 3.63) is 59.2 Å². The number of ether oxygens (including phenoxy) is 3. The topological polar surface area (TPSA) is 94.2 Å². The third-order valence-electron chi connectivity index (χ3n) is 6.26. The number of carbonyl (C=O) groups excluding carboxylic acids is 3. The second-order valence-corrected chi connectivity index (χ2v) is 9.02. The quantitative estimate of drug-likeness (QED) is 0.292. The van der Waals surface area contributed by atoms with Crippen molar-refractivity contribution < 1.29 is 28.6 Å². The van der Waals surface area contributed by atoms with E-state index in [9.17, 15) is 14.4 Å². The highest BCUT2D eigenvalue weighted by Gasteiger charge is 2.24. The molecule has 1 N–H and O–H groups in total. The summed E-state index contributed by atoms with van der Waals surface area (Å²) in [6, 6.07) is 12.5. The third kappa shape index (κ3) is 8.00. The first kappa shape index (κ1) is 27.0. The molecular weight excluding hydrogens is 460 g/mol. The van der Waals surface area contributed by atoms with Gasteiger partial charge in [0, 0.05) is 31.6 Å². The Labute approximate surface area is 212 Å². The number of hydrogen-bond acceptors (Lipinski definition) is 6. The largest absolute Gasteiger partial charge is 0.513 e. The Balaban J connectivity index is 1.33. The van der Waals surface area contributed by atoms with Gasteiger partial charge in [-0.1, -0.05) is 18.2 Å². The molecule has 0 unspecified atom stereocenters. The average molecular weight is 497 g/mol. The van der Waals surface area contributed by atoms with Crippen LogP contribution < -0.4 is 14.8 Å². The molecule has 1 heterocycles. The molecule has 3 rings (SSSR count). The Bertz CT molecular complexity index is 1010. The van der Waals surface area contributed by atoms with Crippen molar-refractivity contribution in [2.75, 3.05) is 32.8 Å². The summed E-state index contributed by atoms with van der Waals surface area (Å²) in [5.74, 6) is 1.56. The molecule has 0 aromatic heterocycles. The number of aryl methyl sites for hydroxylation is 2. The van der Waals surface area contributed by atoms with E-state index in [-0.39, 0.29) is 18.4 Å². The van der Waals surface area contributed by atoms with Crippen molar-refractivity contribution in [2.45, 2.75) is 46.5 Å². The predicted molar refractivity (Wildman–Crippen MR) is 136 cm³/mol. The van der Waals surface area contributed by atoms with Gasteiger partial charge in [-0.15, -0.1) is 0 Å². The summed E-state index contributed by atoms with van der Waals surface area (Å²) < 4.78 is 15.6. The molecule has 2 aromatic rings. The van der Waals surface area contributed by atoms with E-state index >= 15 is 0 Å². The van der Waals surface area contributed by atoms with E-state index < -0.39 is 6.16 Å². The number of likely N-dealkylation sites (tertiary alicyclic amines) is 1. The van der Waals surface area contributed by atoms with E-state index in [1.807, 2.05) is 36.9 Å². The van der Waals surface area contributed by atoms with E-state index in [1.165, 1.54) is 0 Å². The van der Waals surface area contributed by atoms with Crippen LogP contribution in [0.3, 0.4) is 0 Å². The molecule has 1 aliphatic rings. The Hall–Kier alpha value is -3.55. The lowest BCUT2D eigenvalue weighted by Gasteiger charge is -2.32. The van der Waals surface area contributed by atoms with Gasteiger partial charge in [0.1, 0.15) is 11.5 Å². The molecular formula is C28H36N2O6. The molecule has 8 nitrogen and oxygen atoms in total.